The predicted octanol–water partition coefficient (Wildman–Crippen LogP) is 0.392. The minimum Gasteiger partial charge on any atom is -0.370 e. The van der Waals surface area contributed by atoms with E-state index in [9.17, 15) is 13.2 Å². The van der Waals surface area contributed by atoms with Gasteiger partial charge in [-0.2, -0.15) is 0 Å². The molecule has 0 fully saturated rings. The van der Waals surface area contributed by atoms with Crippen LogP contribution >= 0.6 is 0 Å². The van der Waals surface area contributed by atoms with E-state index in [-0.39, 0.29) is 22.9 Å². The van der Waals surface area contributed by atoms with E-state index in [0.29, 0.717) is 0 Å². The third-order valence-electron chi connectivity index (χ3n) is 2.65. The van der Waals surface area contributed by atoms with Gasteiger partial charge in [0.2, 0.25) is 0 Å². The van der Waals surface area contributed by atoms with Gasteiger partial charge in [-0.05, 0) is 12.1 Å². The van der Waals surface area contributed by atoms with Crippen molar-refractivity contribution in [1.82, 2.24) is 0 Å². The zero-order valence-electron chi connectivity index (χ0n) is 10.9. The number of hydrogen-bond acceptors (Lipinski definition) is 5. The third kappa shape index (κ3) is 3.76. The van der Waals surface area contributed by atoms with Crippen LogP contribution in [-0.4, -0.2) is 39.8 Å². The molecule has 0 bridgehead atoms. The van der Waals surface area contributed by atoms with Crippen LogP contribution in [0.1, 0.15) is 6.92 Å². The monoisotopic (exact) mass is 286 g/mol. The fraction of sp³-hybridized carbons (Fsp3) is 0.417. The lowest BCUT2D eigenvalue weighted by atomic mass is 10.3. The molecule has 0 aliphatic heterocycles. The number of benzene rings is 1. The van der Waals surface area contributed by atoms with Crippen molar-refractivity contribution in [3.05, 3.63) is 24.3 Å². The molecule has 0 saturated carbocycles. The maximum absolute atomic E-state index is 11.9. The average Bonchev–Trinajstić information content (AvgIpc) is 2.40. The third-order valence-corrected chi connectivity index (χ3v) is 4.44. The van der Waals surface area contributed by atoms with Crippen LogP contribution in [-0.2, 0) is 19.4 Å². The Morgan fingerprint density at radius 3 is 2.58 bits per heavy atom. The highest BCUT2D eigenvalue weighted by atomic mass is 32.2. The van der Waals surface area contributed by atoms with Crippen LogP contribution in [0.4, 0.5) is 5.69 Å². The first kappa shape index (κ1) is 15.6. The zero-order valence-corrected chi connectivity index (χ0v) is 11.7. The van der Waals surface area contributed by atoms with Gasteiger partial charge in [-0.15, -0.1) is 0 Å². The number of sulfone groups is 1. The molecule has 0 spiro atoms. The summed E-state index contributed by atoms with van der Waals surface area (Å²) in [6.45, 7) is 1.57. The zero-order chi connectivity index (χ0) is 14.5. The normalized spacial score (nSPS) is 13.0. The van der Waals surface area contributed by atoms with E-state index in [1.807, 2.05) is 0 Å². The number of amides is 1. The Bertz CT molecular complexity index is 538. The van der Waals surface area contributed by atoms with E-state index < -0.39 is 21.8 Å². The number of ether oxygens (including phenoxy) is 1. The number of rotatable bonds is 6. The highest BCUT2D eigenvalue weighted by molar-refractivity contribution is 7.91. The van der Waals surface area contributed by atoms with Gasteiger partial charge in [-0.25, -0.2) is 8.42 Å². The molecule has 19 heavy (non-hydrogen) atoms. The minimum atomic E-state index is -3.40. The Labute approximate surface area is 112 Å². The van der Waals surface area contributed by atoms with Crippen LogP contribution in [0, 0.1) is 0 Å². The molecular weight excluding hydrogens is 268 g/mol. The molecular formula is C12H18N2O4S. The second-order valence-corrected chi connectivity index (χ2v) is 6.10. The summed E-state index contributed by atoms with van der Waals surface area (Å²) in [5.41, 5.74) is 5.62. The summed E-state index contributed by atoms with van der Waals surface area (Å²) in [7, 11) is -2.03. The Kier molecular flexibility index (Phi) is 5.46. The maximum Gasteiger partial charge on any atom is 0.254 e. The molecule has 0 saturated heterocycles. The van der Waals surface area contributed by atoms with Crippen molar-refractivity contribution in [3.8, 4) is 0 Å². The van der Waals surface area contributed by atoms with Gasteiger partial charge in [-0.1, -0.05) is 19.1 Å². The quantitative estimate of drug-likeness (QED) is 0.788. The van der Waals surface area contributed by atoms with E-state index in [1.54, 1.807) is 19.1 Å². The van der Waals surface area contributed by atoms with E-state index in [2.05, 4.69) is 5.32 Å². The number of carbonyl (C=O) groups excluding carboxylic acids is 1. The summed E-state index contributed by atoms with van der Waals surface area (Å²) in [5, 5.41) is 2.53. The lowest BCUT2D eigenvalue weighted by Gasteiger charge is -2.15. The van der Waals surface area contributed by atoms with E-state index >= 15 is 0 Å². The van der Waals surface area contributed by atoms with Gasteiger partial charge in [0.1, 0.15) is 6.10 Å². The summed E-state index contributed by atoms with van der Waals surface area (Å²) in [5.74, 6) is -0.506. The number of methoxy groups -OCH3 is 1. The van der Waals surface area contributed by atoms with Crippen LogP contribution in [0.5, 0.6) is 0 Å². The molecule has 1 atom stereocenters. The van der Waals surface area contributed by atoms with E-state index in [4.69, 9.17) is 10.5 Å². The SMILES string of the molecule is CCS(=O)(=O)c1ccccc1NC(=O)C(CN)OC. The summed E-state index contributed by atoms with van der Waals surface area (Å²) >= 11 is 0. The number of anilines is 1. The second-order valence-electron chi connectivity index (χ2n) is 3.85. The van der Waals surface area contributed by atoms with Crippen molar-refractivity contribution in [1.29, 1.82) is 0 Å². The molecule has 0 aromatic heterocycles. The lowest BCUT2D eigenvalue weighted by molar-refractivity contribution is -0.125. The van der Waals surface area contributed by atoms with E-state index in [1.165, 1.54) is 19.2 Å². The second kappa shape index (κ2) is 6.65. The van der Waals surface area contributed by atoms with Gasteiger partial charge in [0.05, 0.1) is 16.3 Å². The molecule has 1 rings (SSSR count). The minimum absolute atomic E-state index is 0.0189. The number of carbonyl (C=O) groups is 1. The largest absolute Gasteiger partial charge is 0.370 e. The molecule has 1 amide bonds. The first-order chi connectivity index (χ1) is 8.96. The van der Waals surface area contributed by atoms with Crippen LogP contribution in [0.2, 0.25) is 0 Å². The van der Waals surface area contributed by atoms with Gasteiger partial charge < -0.3 is 15.8 Å². The lowest BCUT2D eigenvalue weighted by Crippen LogP contribution is -2.36. The smallest absolute Gasteiger partial charge is 0.254 e. The Morgan fingerprint density at radius 1 is 1.42 bits per heavy atom. The van der Waals surface area contributed by atoms with Gasteiger partial charge in [-0.3, -0.25) is 4.79 Å². The Morgan fingerprint density at radius 2 is 2.05 bits per heavy atom. The van der Waals surface area contributed by atoms with Gasteiger partial charge in [0.25, 0.3) is 5.91 Å². The number of nitrogens with two attached hydrogens (primary N) is 1. The molecule has 106 valence electrons. The Hall–Kier alpha value is -1.44. The van der Waals surface area contributed by atoms with Crippen molar-refractivity contribution in [3.63, 3.8) is 0 Å². The molecule has 6 nitrogen and oxygen atoms in total. The highest BCUT2D eigenvalue weighted by Crippen LogP contribution is 2.22. The molecule has 7 heteroatoms. The number of nitrogens with one attached hydrogen (secondary N) is 1. The van der Waals surface area contributed by atoms with Crippen molar-refractivity contribution < 1.29 is 17.9 Å². The van der Waals surface area contributed by atoms with Crippen molar-refractivity contribution in [2.45, 2.75) is 17.9 Å². The molecule has 0 aliphatic carbocycles. The highest BCUT2D eigenvalue weighted by Gasteiger charge is 2.21. The number of para-hydroxylation sites is 1. The topological polar surface area (TPSA) is 98.5 Å². The summed E-state index contributed by atoms with van der Waals surface area (Å²) in [6, 6.07) is 6.24. The Balaban J connectivity index is 3.06. The van der Waals surface area contributed by atoms with Gasteiger partial charge in [0, 0.05) is 13.7 Å². The average molecular weight is 286 g/mol. The molecule has 0 aliphatic rings. The van der Waals surface area contributed by atoms with Gasteiger partial charge >= 0.3 is 0 Å². The van der Waals surface area contributed by atoms with Crippen LogP contribution in [0.25, 0.3) is 0 Å². The van der Waals surface area contributed by atoms with Crippen LogP contribution in [0.15, 0.2) is 29.2 Å². The summed E-state index contributed by atoms with van der Waals surface area (Å²) in [6.07, 6.45) is -0.808. The fourth-order valence-corrected chi connectivity index (χ4v) is 2.57. The molecule has 0 radical (unpaired) electrons. The van der Waals surface area contributed by atoms with Crippen LogP contribution in [0.3, 0.4) is 0 Å². The molecule has 3 N–H and O–H groups in total. The van der Waals surface area contributed by atoms with Crippen molar-refractivity contribution >= 4 is 21.4 Å². The van der Waals surface area contributed by atoms with Crippen LogP contribution < -0.4 is 11.1 Å². The van der Waals surface area contributed by atoms with Gasteiger partial charge in [0.15, 0.2) is 9.84 Å². The number of hydrogen-bond donors (Lipinski definition) is 2. The van der Waals surface area contributed by atoms with E-state index in [0.717, 1.165) is 0 Å². The summed E-state index contributed by atoms with van der Waals surface area (Å²) in [4.78, 5) is 11.9. The molecule has 1 aromatic carbocycles. The van der Waals surface area contributed by atoms with Crippen molar-refractivity contribution in [2.24, 2.45) is 5.73 Å². The maximum atomic E-state index is 11.9. The first-order valence-corrected chi connectivity index (χ1v) is 7.47. The first-order valence-electron chi connectivity index (χ1n) is 5.81. The molecule has 1 aromatic rings. The fourth-order valence-electron chi connectivity index (χ4n) is 1.52. The predicted molar refractivity (Wildman–Crippen MR) is 72.6 cm³/mol. The molecule has 0 heterocycles. The molecule has 1 unspecified atom stereocenters. The van der Waals surface area contributed by atoms with Crippen molar-refractivity contribution in [2.75, 3.05) is 24.7 Å². The standard InChI is InChI=1S/C12H18N2O4S/c1-3-19(16,17)11-7-5-4-6-9(11)14-12(15)10(8-13)18-2/h4-7,10H,3,8,13H2,1-2H3,(H,14,15). The summed E-state index contributed by atoms with van der Waals surface area (Å²) < 4.78 is 28.7.